The van der Waals surface area contributed by atoms with E-state index in [1.165, 1.54) is 12.8 Å². The molecule has 102 heavy (non-hydrogen) atoms. The third-order valence-electron chi connectivity index (χ3n) is 14.9. The minimum Gasteiger partial charge on any atom is -0.462 e. The van der Waals surface area contributed by atoms with Crippen molar-refractivity contribution in [3.8, 4) is 0 Å². The van der Waals surface area contributed by atoms with Gasteiger partial charge in [0.15, 0.2) is 12.2 Å². The smallest absolute Gasteiger partial charge is 0.462 e. The molecule has 5 atom stereocenters. The van der Waals surface area contributed by atoms with Crippen LogP contribution in [0, 0.1) is 0 Å². The number of carbonyl (C=O) groups excluding carboxylic acids is 4. The first kappa shape index (κ1) is 96.2. The van der Waals surface area contributed by atoms with E-state index in [-0.39, 0.29) is 25.7 Å². The Hall–Kier alpha value is -5.84. The van der Waals surface area contributed by atoms with Gasteiger partial charge in [0.05, 0.1) is 32.8 Å². The van der Waals surface area contributed by atoms with Gasteiger partial charge in [0.2, 0.25) is 0 Å². The second-order valence-corrected chi connectivity index (χ2v) is 27.4. The second kappa shape index (κ2) is 73.5. The summed E-state index contributed by atoms with van der Waals surface area (Å²) in [4.78, 5) is 72.7. The van der Waals surface area contributed by atoms with Gasteiger partial charge in [-0.2, -0.15) is 0 Å². The topological polar surface area (TPSA) is 237 Å². The van der Waals surface area contributed by atoms with Gasteiger partial charge in [-0.3, -0.25) is 37.3 Å². The number of hydrogen-bond acceptors (Lipinski definition) is 15. The third kappa shape index (κ3) is 72.5. The molecule has 0 amide bonds. The van der Waals surface area contributed by atoms with Gasteiger partial charge in [-0.25, -0.2) is 9.13 Å². The number of allylic oxidation sites excluding steroid dienone is 29. The van der Waals surface area contributed by atoms with Gasteiger partial charge in [0, 0.05) is 19.3 Å². The maximum Gasteiger partial charge on any atom is 0.472 e. The molecule has 0 radical (unpaired) electrons. The van der Waals surface area contributed by atoms with Gasteiger partial charge in [0.25, 0.3) is 0 Å². The van der Waals surface area contributed by atoms with Crippen molar-refractivity contribution >= 4 is 39.5 Å². The molecule has 17 nitrogen and oxygen atoms in total. The van der Waals surface area contributed by atoms with Gasteiger partial charge in [-0.15, -0.1) is 0 Å². The van der Waals surface area contributed by atoms with E-state index in [9.17, 15) is 43.2 Å². The average molecular weight is 1460 g/mol. The lowest BCUT2D eigenvalue weighted by Crippen LogP contribution is -2.30. The van der Waals surface area contributed by atoms with E-state index in [1.54, 1.807) is 12.2 Å². The Kier molecular flexibility index (Phi) is 69.3. The Morgan fingerprint density at radius 1 is 0.294 bits per heavy atom. The lowest BCUT2D eigenvalue weighted by atomic mass is 10.1. The molecule has 3 N–H and O–H groups in total. The summed E-state index contributed by atoms with van der Waals surface area (Å²) < 4.78 is 68.2. The summed E-state index contributed by atoms with van der Waals surface area (Å²) in [6, 6.07) is 0. The van der Waals surface area contributed by atoms with E-state index >= 15 is 0 Å². The quantitative estimate of drug-likeness (QED) is 0.0169. The predicted octanol–water partition coefficient (Wildman–Crippen LogP) is 22.0. The van der Waals surface area contributed by atoms with Crippen molar-refractivity contribution in [3.63, 3.8) is 0 Å². The summed E-state index contributed by atoms with van der Waals surface area (Å²) in [5.74, 6) is -2.46. The Morgan fingerprint density at radius 2 is 0.569 bits per heavy atom. The van der Waals surface area contributed by atoms with Crippen LogP contribution in [0.15, 0.2) is 182 Å². The molecule has 0 saturated carbocycles. The van der Waals surface area contributed by atoms with Gasteiger partial charge in [0.1, 0.15) is 19.3 Å². The second-order valence-electron chi connectivity index (χ2n) is 24.5. The van der Waals surface area contributed by atoms with Crippen molar-refractivity contribution in [1.29, 1.82) is 0 Å². The van der Waals surface area contributed by atoms with E-state index in [2.05, 4.69) is 167 Å². The first-order valence-corrected chi connectivity index (χ1v) is 41.0. The molecule has 0 rings (SSSR count). The molecule has 0 heterocycles. The van der Waals surface area contributed by atoms with E-state index in [0.29, 0.717) is 32.1 Å². The maximum absolute atomic E-state index is 13.1. The summed E-state index contributed by atoms with van der Waals surface area (Å²) >= 11 is 0. The summed E-state index contributed by atoms with van der Waals surface area (Å²) in [7, 11) is -10.0. The van der Waals surface area contributed by atoms with Gasteiger partial charge in [-0.1, -0.05) is 274 Å². The molecule has 5 unspecified atom stereocenters. The Labute approximate surface area is 615 Å². The molecule has 0 spiro atoms. The van der Waals surface area contributed by atoms with Crippen LogP contribution in [0.25, 0.3) is 0 Å². The van der Waals surface area contributed by atoms with Crippen LogP contribution in [0.2, 0.25) is 0 Å². The average Bonchev–Trinajstić information content (AvgIpc) is 0.939. The normalized spacial score (nSPS) is 14.9. The van der Waals surface area contributed by atoms with Crippen LogP contribution in [0.4, 0.5) is 0 Å². The summed E-state index contributed by atoms with van der Waals surface area (Å²) in [6.07, 6.45) is 88.0. The molecular formula is C83H132O17P2. The Morgan fingerprint density at radius 3 is 0.941 bits per heavy atom. The zero-order valence-corrected chi connectivity index (χ0v) is 64.5. The number of aliphatic hydroxyl groups is 1. The number of ether oxygens (including phenoxy) is 4. The molecule has 0 fully saturated rings. The number of phosphoric acid groups is 2. The number of unbranched alkanes of at least 4 members (excludes halogenated alkanes) is 14. The molecule has 0 bridgehead atoms. The largest absolute Gasteiger partial charge is 0.472 e. The molecular weight excluding hydrogens is 1330 g/mol. The Balaban J connectivity index is 5.48. The molecule has 0 aliphatic rings. The van der Waals surface area contributed by atoms with Gasteiger partial charge < -0.3 is 33.8 Å². The van der Waals surface area contributed by atoms with Crippen LogP contribution < -0.4 is 0 Å². The number of esters is 4. The van der Waals surface area contributed by atoms with Crippen LogP contribution in [0.3, 0.4) is 0 Å². The van der Waals surface area contributed by atoms with Crippen molar-refractivity contribution in [2.24, 2.45) is 0 Å². The number of aliphatic hydroxyl groups excluding tert-OH is 1. The standard InChI is InChI=1S/C83H132O17P2/c1-5-9-13-17-21-25-29-32-35-37-38-40-43-45-49-52-56-60-64-68-81(86)94-74-79(100-83(88)70-66-62-58-54-50-46-41-34-31-27-23-19-15-11-7-3)76-98-102(91,92)96-72-77(84)71-95-101(89,90)97-75-78(99-82(87)69-65-61-57-53-47-28-24-20-16-12-8-4)73-93-80(85)67-63-59-55-51-48-44-42-39-36-33-30-26-22-18-14-10-6-2/h9-11,13-15,20-27,32-36,38,40-41,45,49-50,54,56,60,62,66,77-79,84H,5-8,12,16-19,28-31,37,39,42-44,46-48,51-53,55,57-59,61,63-65,67-76H2,1-4H3,(H,89,90)(H,91,92)/b13-9-,14-10-,15-11-,24-20-,25-21-,26-22-,27-23-,35-32-,36-33-,40-38-,41-34-,49-45-,54-50-,60-56-,66-62-. The predicted molar refractivity (Wildman–Crippen MR) is 417 cm³/mol. The minimum absolute atomic E-state index is 0.00958. The fraction of sp³-hybridized carbons (Fsp3) is 0.590. The van der Waals surface area contributed by atoms with Gasteiger partial charge in [-0.05, 0) is 141 Å². The highest BCUT2D eigenvalue weighted by Crippen LogP contribution is 2.45. The molecule has 19 heteroatoms. The highest BCUT2D eigenvalue weighted by molar-refractivity contribution is 7.47. The molecule has 0 aromatic heterocycles. The van der Waals surface area contributed by atoms with Crippen molar-refractivity contribution < 1.29 is 80.2 Å². The minimum atomic E-state index is -5.02. The molecule has 0 aliphatic carbocycles. The van der Waals surface area contributed by atoms with E-state index < -0.39 is 97.5 Å². The first-order valence-electron chi connectivity index (χ1n) is 38.0. The SMILES string of the molecule is CC/C=C\C/C=C\C/C=C\C/C=C\C/C=C\C/C=C\CCC(=O)OCC(COP(=O)(O)OCC(O)COP(=O)(O)OCC(COC(=O)CCCCCCCCC/C=C\C/C=C\C/C=C\CC)OC(=O)CCCCCCC/C=C\CCCC)OC(=O)C/C=C\C/C=C\C/C=C\C/C=C\C/C=C\CC. The number of phosphoric ester groups is 2. The van der Waals surface area contributed by atoms with E-state index in [1.807, 2.05) is 30.4 Å². The zero-order chi connectivity index (χ0) is 74.6. The molecule has 0 saturated heterocycles. The van der Waals surface area contributed by atoms with Crippen LogP contribution in [0.5, 0.6) is 0 Å². The summed E-state index contributed by atoms with van der Waals surface area (Å²) in [5, 5.41) is 10.6. The van der Waals surface area contributed by atoms with Crippen LogP contribution >= 0.6 is 15.6 Å². The Bertz CT molecular complexity index is 2650. The zero-order valence-electron chi connectivity index (χ0n) is 62.7. The molecule has 0 aromatic rings. The van der Waals surface area contributed by atoms with Crippen LogP contribution in [0.1, 0.15) is 259 Å². The molecule has 0 aromatic carbocycles. The van der Waals surface area contributed by atoms with Crippen molar-refractivity contribution in [3.05, 3.63) is 182 Å². The van der Waals surface area contributed by atoms with Crippen molar-refractivity contribution in [2.75, 3.05) is 39.6 Å². The highest BCUT2D eigenvalue weighted by Gasteiger charge is 2.30. The number of carbonyl (C=O) groups is 4. The summed E-state index contributed by atoms with van der Waals surface area (Å²) in [5.41, 5.74) is 0. The highest BCUT2D eigenvalue weighted by atomic mass is 31.2. The van der Waals surface area contributed by atoms with E-state index in [0.717, 1.165) is 161 Å². The first-order chi connectivity index (χ1) is 49.7. The third-order valence-corrected chi connectivity index (χ3v) is 16.8. The van der Waals surface area contributed by atoms with Gasteiger partial charge >= 0.3 is 39.5 Å². The van der Waals surface area contributed by atoms with Crippen LogP contribution in [-0.2, 0) is 65.4 Å². The summed E-state index contributed by atoms with van der Waals surface area (Å²) in [6.45, 7) is 4.23. The number of hydrogen-bond donors (Lipinski definition) is 3. The lowest BCUT2D eigenvalue weighted by Gasteiger charge is -2.21. The maximum atomic E-state index is 13.1. The van der Waals surface area contributed by atoms with Crippen molar-refractivity contribution in [2.45, 2.75) is 277 Å². The molecule has 0 aliphatic heterocycles. The van der Waals surface area contributed by atoms with Crippen molar-refractivity contribution in [1.82, 2.24) is 0 Å². The van der Waals surface area contributed by atoms with E-state index in [4.69, 9.17) is 37.0 Å². The molecule has 576 valence electrons. The fourth-order valence-corrected chi connectivity index (χ4v) is 10.8. The lowest BCUT2D eigenvalue weighted by molar-refractivity contribution is -0.161. The number of rotatable bonds is 69. The monoisotopic (exact) mass is 1460 g/mol. The fourth-order valence-electron chi connectivity index (χ4n) is 9.20. The van der Waals surface area contributed by atoms with Crippen LogP contribution in [-0.4, -0.2) is 96.7 Å².